The highest BCUT2D eigenvalue weighted by atomic mass is 16.3. The van der Waals surface area contributed by atoms with Crippen LogP contribution < -0.4 is 5.32 Å². The van der Waals surface area contributed by atoms with Crippen molar-refractivity contribution in [1.82, 2.24) is 10.2 Å². The molecule has 1 fully saturated rings. The second kappa shape index (κ2) is 7.10. The van der Waals surface area contributed by atoms with E-state index in [1.54, 1.807) is 0 Å². The molecule has 1 atom stereocenters. The van der Waals surface area contributed by atoms with E-state index in [1.165, 1.54) is 0 Å². The molecule has 1 rings (SSSR count). The van der Waals surface area contributed by atoms with E-state index in [-0.39, 0.29) is 22.8 Å². The average molecular weight is 298 g/mol. The van der Waals surface area contributed by atoms with Crippen LogP contribution >= 0.6 is 0 Å². The highest BCUT2D eigenvalue weighted by molar-refractivity contribution is 5.76. The van der Waals surface area contributed by atoms with Crippen LogP contribution in [0.4, 0.5) is 0 Å². The normalized spacial score (nSPS) is 19.7. The number of carbonyl (C=O) groups is 1. The highest BCUT2D eigenvalue weighted by Crippen LogP contribution is 2.22. The first kappa shape index (κ1) is 18.4. The maximum atomic E-state index is 12.2. The third kappa shape index (κ3) is 6.79. The van der Waals surface area contributed by atoms with Crippen LogP contribution in [0.3, 0.4) is 0 Å². The maximum Gasteiger partial charge on any atom is 0.223 e. The van der Waals surface area contributed by atoms with E-state index in [2.05, 4.69) is 26.1 Å². The number of rotatable bonds is 4. The smallest absolute Gasteiger partial charge is 0.223 e. The van der Waals surface area contributed by atoms with Gasteiger partial charge in [0.1, 0.15) is 0 Å². The predicted molar refractivity (Wildman–Crippen MR) is 87.1 cm³/mol. The third-order valence-corrected chi connectivity index (χ3v) is 4.13. The molecule has 1 aliphatic heterocycles. The molecule has 0 aromatic rings. The number of hydrogen-bond acceptors (Lipinski definition) is 3. The summed E-state index contributed by atoms with van der Waals surface area (Å²) >= 11 is 0. The van der Waals surface area contributed by atoms with Gasteiger partial charge in [-0.15, -0.1) is 0 Å². The van der Waals surface area contributed by atoms with E-state index in [4.69, 9.17) is 0 Å². The van der Waals surface area contributed by atoms with Gasteiger partial charge in [-0.05, 0) is 23.7 Å². The monoisotopic (exact) mass is 298 g/mol. The Labute approximate surface area is 130 Å². The molecule has 1 heterocycles. The number of aliphatic hydroxyl groups is 1. The summed E-state index contributed by atoms with van der Waals surface area (Å²) in [5.41, 5.74) is -0.0284. The van der Waals surface area contributed by atoms with Gasteiger partial charge in [-0.1, -0.05) is 41.5 Å². The fraction of sp³-hybridized carbons (Fsp3) is 0.941. The van der Waals surface area contributed by atoms with Crippen molar-refractivity contribution in [1.29, 1.82) is 0 Å². The van der Waals surface area contributed by atoms with Gasteiger partial charge in [0.2, 0.25) is 5.91 Å². The molecule has 1 saturated heterocycles. The van der Waals surface area contributed by atoms with Crippen LogP contribution in [-0.2, 0) is 4.79 Å². The first-order valence-electron chi connectivity index (χ1n) is 8.18. The Bertz CT molecular complexity index is 334. The Balaban J connectivity index is 2.31. The number of piperidine rings is 1. The lowest BCUT2D eigenvalue weighted by molar-refractivity contribution is -0.134. The molecule has 0 bridgehead atoms. The first-order chi connectivity index (χ1) is 9.49. The lowest BCUT2D eigenvalue weighted by Gasteiger charge is -2.35. The molecule has 0 spiro atoms. The Morgan fingerprint density at radius 3 is 2.14 bits per heavy atom. The lowest BCUT2D eigenvalue weighted by atomic mass is 9.89. The topological polar surface area (TPSA) is 52.6 Å². The van der Waals surface area contributed by atoms with Crippen molar-refractivity contribution < 1.29 is 9.90 Å². The van der Waals surface area contributed by atoms with Crippen LogP contribution in [-0.4, -0.2) is 47.7 Å². The Morgan fingerprint density at radius 1 is 1.19 bits per heavy atom. The van der Waals surface area contributed by atoms with Gasteiger partial charge < -0.3 is 15.3 Å². The van der Waals surface area contributed by atoms with Crippen LogP contribution in [0, 0.1) is 10.8 Å². The highest BCUT2D eigenvalue weighted by Gasteiger charge is 2.27. The third-order valence-electron chi connectivity index (χ3n) is 4.13. The van der Waals surface area contributed by atoms with E-state index in [1.807, 2.05) is 25.7 Å². The molecule has 0 aliphatic carbocycles. The zero-order valence-electron chi connectivity index (χ0n) is 14.7. The lowest BCUT2D eigenvalue weighted by Crippen LogP contribution is -2.48. The summed E-state index contributed by atoms with van der Waals surface area (Å²) in [6.07, 6.45) is 2.24. The number of aliphatic hydroxyl groups excluding tert-OH is 1. The van der Waals surface area contributed by atoms with Gasteiger partial charge >= 0.3 is 0 Å². The number of carbonyl (C=O) groups excluding carboxylic acids is 1. The number of likely N-dealkylation sites (tertiary alicyclic amines) is 1. The van der Waals surface area contributed by atoms with Gasteiger partial charge in [-0.25, -0.2) is 0 Å². The molecule has 21 heavy (non-hydrogen) atoms. The van der Waals surface area contributed by atoms with Gasteiger partial charge in [0.05, 0.1) is 6.10 Å². The number of amides is 1. The Morgan fingerprint density at radius 2 is 1.71 bits per heavy atom. The van der Waals surface area contributed by atoms with E-state index in [9.17, 15) is 9.90 Å². The largest absolute Gasteiger partial charge is 0.391 e. The molecule has 4 nitrogen and oxygen atoms in total. The van der Waals surface area contributed by atoms with Crippen molar-refractivity contribution in [3.63, 3.8) is 0 Å². The van der Waals surface area contributed by atoms with E-state index in [0.29, 0.717) is 19.0 Å². The standard InChI is InChI=1S/C17H34N2O2/c1-16(2,3)11-15(21)19-9-7-13(8-10-19)18-12-14(20)17(4,5)6/h13-14,18,20H,7-12H2,1-6H3. The van der Waals surface area contributed by atoms with Crippen LogP contribution in [0.15, 0.2) is 0 Å². The minimum atomic E-state index is -0.335. The van der Waals surface area contributed by atoms with E-state index < -0.39 is 0 Å². The molecular weight excluding hydrogens is 264 g/mol. The van der Waals surface area contributed by atoms with E-state index in [0.717, 1.165) is 25.9 Å². The van der Waals surface area contributed by atoms with Gasteiger partial charge in [0.15, 0.2) is 0 Å². The Hall–Kier alpha value is -0.610. The second-order valence-corrected chi connectivity index (χ2v) is 8.68. The van der Waals surface area contributed by atoms with Gasteiger partial charge in [-0.2, -0.15) is 0 Å². The summed E-state index contributed by atoms with van der Waals surface area (Å²) in [4.78, 5) is 14.2. The van der Waals surface area contributed by atoms with Crippen molar-refractivity contribution in [2.24, 2.45) is 10.8 Å². The molecule has 2 N–H and O–H groups in total. The molecule has 1 unspecified atom stereocenters. The van der Waals surface area contributed by atoms with Crippen molar-refractivity contribution in [2.75, 3.05) is 19.6 Å². The van der Waals surface area contributed by atoms with Crippen LogP contribution in [0.5, 0.6) is 0 Å². The summed E-state index contributed by atoms with van der Waals surface area (Å²) in [7, 11) is 0. The predicted octanol–water partition coefficient (Wildman–Crippen LogP) is 2.41. The summed E-state index contributed by atoms with van der Waals surface area (Å²) < 4.78 is 0. The molecule has 0 aromatic heterocycles. The Kier molecular flexibility index (Phi) is 6.23. The zero-order valence-corrected chi connectivity index (χ0v) is 14.7. The summed E-state index contributed by atoms with van der Waals surface area (Å²) in [5.74, 6) is 0.274. The minimum Gasteiger partial charge on any atom is -0.391 e. The molecule has 1 amide bonds. The number of nitrogens with one attached hydrogen (secondary N) is 1. The van der Waals surface area contributed by atoms with Crippen molar-refractivity contribution >= 4 is 5.91 Å². The van der Waals surface area contributed by atoms with Crippen LogP contribution in [0.2, 0.25) is 0 Å². The minimum absolute atomic E-state index is 0.0585. The summed E-state index contributed by atoms with van der Waals surface area (Å²) in [6.45, 7) is 14.8. The van der Waals surface area contributed by atoms with Gasteiger partial charge in [0, 0.05) is 32.1 Å². The van der Waals surface area contributed by atoms with Gasteiger partial charge in [0.25, 0.3) is 0 Å². The molecule has 0 radical (unpaired) electrons. The van der Waals surface area contributed by atoms with Crippen LogP contribution in [0.1, 0.15) is 60.8 Å². The SMILES string of the molecule is CC(C)(C)CC(=O)N1CCC(NCC(O)C(C)(C)C)CC1. The summed E-state index contributed by atoms with van der Waals surface area (Å²) in [6, 6.07) is 0.417. The molecular formula is C17H34N2O2. The fourth-order valence-corrected chi connectivity index (χ4v) is 2.48. The quantitative estimate of drug-likeness (QED) is 0.838. The maximum absolute atomic E-state index is 12.2. The second-order valence-electron chi connectivity index (χ2n) is 8.68. The average Bonchev–Trinajstić information content (AvgIpc) is 2.33. The zero-order chi connectivity index (χ0) is 16.3. The van der Waals surface area contributed by atoms with Gasteiger partial charge in [-0.3, -0.25) is 4.79 Å². The molecule has 124 valence electrons. The van der Waals surface area contributed by atoms with Crippen molar-refractivity contribution in [2.45, 2.75) is 73.0 Å². The molecule has 1 aliphatic rings. The fourth-order valence-electron chi connectivity index (χ4n) is 2.48. The van der Waals surface area contributed by atoms with E-state index >= 15 is 0 Å². The first-order valence-corrected chi connectivity index (χ1v) is 8.18. The summed E-state index contributed by atoms with van der Waals surface area (Å²) in [5, 5.41) is 13.5. The van der Waals surface area contributed by atoms with Crippen LogP contribution in [0.25, 0.3) is 0 Å². The molecule has 0 aromatic carbocycles. The van der Waals surface area contributed by atoms with Crippen molar-refractivity contribution in [3.05, 3.63) is 0 Å². The number of hydrogen-bond donors (Lipinski definition) is 2. The number of nitrogens with zero attached hydrogens (tertiary/aromatic N) is 1. The van der Waals surface area contributed by atoms with Crippen molar-refractivity contribution in [3.8, 4) is 0 Å². The molecule has 4 heteroatoms. The molecule has 0 saturated carbocycles.